The lowest BCUT2D eigenvalue weighted by Gasteiger charge is -2.21. The van der Waals surface area contributed by atoms with Crippen molar-refractivity contribution in [3.05, 3.63) is 12.2 Å². The van der Waals surface area contributed by atoms with E-state index in [1.54, 1.807) is 7.11 Å². The van der Waals surface area contributed by atoms with Gasteiger partial charge in [-0.1, -0.05) is 12.2 Å². The van der Waals surface area contributed by atoms with Crippen LogP contribution in [0.15, 0.2) is 12.2 Å². The molecule has 0 N–H and O–H groups in total. The molecule has 0 saturated heterocycles. The summed E-state index contributed by atoms with van der Waals surface area (Å²) in [4.78, 5) is 0. The van der Waals surface area contributed by atoms with Crippen LogP contribution < -0.4 is 0 Å². The van der Waals surface area contributed by atoms with Gasteiger partial charge in [0.25, 0.3) is 0 Å². The Morgan fingerprint density at radius 2 is 2.27 bits per heavy atom. The largest absolute Gasteiger partial charge is 0.381 e. The van der Waals surface area contributed by atoms with Crippen LogP contribution >= 0.6 is 0 Å². The minimum Gasteiger partial charge on any atom is -0.381 e. The maximum atomic E-state index is 7.90. The fourth-order valence-corrected chi connectivity index (χ4v) is 2.12. The van der Waals surface area contributed by atoms with Crippen LogP contribution in [0.25, 0.3) is 0 Å². The molecule has 0 radical (unpaired) electrons. The number of fused-ring (bicyclic) bond motifs is 3. The van der Waals surface area contributed by atoms with Crippen LogP contribution in [0.5, 0.6) is 0 Å². The van der Waals surface area contributed by atoms with Crippen LogP contribution in [0.1, 0.15) is 27.0 Å². The Bertz CT molecular complexity index is 190. The molecule has 0 amide bonds. The number of ether oxygens (including phenoxy) is 1. The Balaban J connectivity index is 2.17. The van der Waals surface area contributed by atoms with E-state index in [0.29, 0.717) is 17.9 Å². The van der Waals surface area contributed by atoms with E-state index in [1.807, 2.05) is 0 Å². The lowest BCUT2D eigenvalue weighted by Crippen LogP contribution is -2.19. The number of hydrogen-bond acceptors (Lipinski definition) is 1. The Kier molecular flexibility index (Phi) is 1.69. The number of allylic oxidation sites excluding steroid dienone is 1. The first-order valence-electron chi connectivity index (χ1n) is 5.02. The highest BCUT2D eigenvalue weighted by Crippen LogP contribution is 2.35. The highest BCUT2D eigenvalue weighted by Gasteiger charge is 2.27. The van der Waals surface area contributed by atoms with Gasteiger partial charge in [0.1, 0.15) is 0 Å². The first-order chi connectivity index (χ1) is 5.81. The van der Waals surface area contributed by atoms with E-state index in [4.69, 9.17) is 6.11 Å². The summed E-state index contributed by atoms with van der Waals surface area (Å²) in [6.45, 7) is 0. The van der Waals surface area contributed by atoms with E-state index >= 15 is 0 Å². The van der Waals surface area contributed by atoms with Crippen LogP contribution in [0.4, 0.5) is 0 Å². The Labute approximate surface area is 69.8 Å². The average molecular weight is 153 g/mol. The lowest BCUT2D eigenvalue weighted by atomic mass is 9.90. The molecule has 1 nitrogen and oxygen atoms in total. The van der Waals surface area contributed by atoms with Crippen molar-refractivity contribution < 1.29 is 6.11 Å². The molecule has 1 fully saturated rings. The third kappa shape index (κ3) is 1.34. The molecule has 3 aliphatic carbocycles. The van der Waals surface area contributed by atoms with E-state index in [2.05, 4.69) is 12.2 Å². The summed E-state index contributed by atoms with van der Waals surface area (Å²) in [7, 11) is 1.77. The summed E-state index contributed by atoms with van der Waals surface area (Å²) >= 11 is 0. The minimum atomic E-state index is 0.0682. The van der Waals surface area contributed by atoms with Gasteiger partial charge in [-0.3, -0.25) is 0 Å². The van der Waals surface area contributed by atoms with Crippen LogP contribution in [0, 0.1) is 11.8 Å². The molecule has 3 aliphatic rings. The molecular weight excluding hydrogens is 136 g/mol. The van der Waals surface area contributed by atoms with Crippen LogP contribution in [0.3, 0.4) is 0 Å². The predicted molar refractivity (Wildman–Crippen MR) is 45.4 cm³/mol. The van der Waals surface area contributed by atoms with Crippen molar-refractivity contribution in [3.8, 4) is 0 Å². The molecule has 4 atom stereocenters. The summed E-state index contributed by atoms with van der Waals surface area (Å²) in [5.74, 6) is 1.09. The molecule has 1 unspecified atom stereocenters. The van der Waals surface area contributed by atoms with Gasteiger partial charge in [0.15, 0.2) is 0 Å². The van der Waals surface area contributed by atoms with Gasteiger partial charge in [0, 0.05) is 14.4 Å². The monoisotopic (exact) mass is 153 g/mol. The molecule has 1 heteroatoms. The molecule has 2 bridgehead atoms. The number of rotatable bonds is 1. The molecule has 0 heterocycles. The van der Waals surface area contributed by atoms with Gasteiger partial charge in [-0.25, -0.2) is 0 Å². The third-order valence-electron chi connectivity index (χ3n) is 2.89. The second-order valence-corrected chi connectivity index (χ2v) is 3.54. The highest BCUT2D eigenvalue weighted by atomic mass is 16.5. The van der Waals surface area contributed by atoms with Gasteiger partial charge in [-0.2, -0.15) is 0 Å². The first-order valence-corrected chi connectivity index (χ1v) is 4.44. The SMILES string of the molecule is [2H]C1C[C@H](OC)[C@H]2C=C[C@@H]1CC2. The summed E-state index contributed by atoms with van der Waals surface area (Å²) < 4.78 is 13.3. The van der Waals surface area contributed by atoms with Crippen molar-refractivity contribution in [1.29, 1.82) is 0 Å². The van der Waals surface area contributed by atoms with Crippen molar-refractivity contribution in [2.24, 2.45) is 11.8 Å². The summed E-state index contributed by atoms with van der Waals surface area (Å²) in [5.41, 5.74) is 0. The number of hydrogen-bond donors (Lipinski definition) is 0. The van der Waals surface area contributed by atoms with Gasteiger partial charge in [-0.15, -0.1) is 0 Å². The predicted octanol–water partition coefficient (Wildman–Crippen LogP) is 2.38. The van der Waals surface area contributed by atoms with Crippen molar-refractivity contribution in [3.63, 3.8) is 0 Å². The van der Waals surface area contributed by atoms with Crippen LogP contribution in [-0.2, 0) is 4.74 Å². The van der Waals surface area contributed by atoms with Crippen molar-refractivity contribution in [2.75, 3.05) is 7.11 Å². The highest BCUT2D eigenvalue weighted by molar-refractivity contribution is 5.03. The zero-order valence-corrected chi connectivity index (χ0v) is 6.99. The van der Waals surface area contributed by atoms with E-state index < -0.39 is 0 Å². The molecule has 0 aromatic heterocycles. The minimum absolute atomic E-state index is 0.0682. The van der Waals surface area contributed by atoms with E-state index in [1.165, 1.54) is 12.8 Å². The zero-order chi connectivity index (χ0) is 8.55. The average Bonchev–Trinajstić information content (AvgIpc) is 2.36. The first kappa shape index (κ1) is 6.24. The molecular formula is C10H16O. The summed E-state index contributed by atoms with van der Waals surface area (Å²) in [5, 5.41) is 0. The van der Waals surface area contributed by atoms with E-state index in [9.17, 15) is 0 Å². The second kappa shape index (κ2) is 2.98. The van der Waals surface area contributed by atoms with Crippen molar-refractivity contribution in [2.45, 2.75) is 31.8 Å². The van der Waals surface area contributed by atoms with E-state index in [-0.39, 0.29) is 6.40 Å². The van der Waals surface area contributed by atoms with Crippen molar-refractivity contribution >= 4 is 0 Å². The molecule has 62 valence electrons. The zero-order valence-electron chi connectivity index (χ0n) is 7.99. The van der Waals surface area contributed by atoms with Gasteiger partial charge >= 0.3 is 0 Å². The normalized spacial score (nSPS) is 50.5. The standard InChI is InChI=1S/C10H16O/c1-11-10-7-4-8-2-5-9(10)6-3-8/h2,5,8-10H,3-4,6-7H2,1H3/t8-,9+,10+/m1/s1/i4D/t4?,8-,9+,10+. The van der Waals surface area contributed by atoms with Gasteiger partial charge in [0.05, 0.1) is 6.10 Å². The topological polar surface area (TPSA) is 9.23 Å². The van der Waals surface area contributed by atoms with Crippen LogP contribution in [-0.4, -0.2) is 13.2 Å². The molecule has 0 aliphatic heterocycles. The summed E-state index contributed by atoms with van der Waals surface area (Å²) in [6, 6.07) is 0. The Hall–Kier alpha value is -0.300. The third-order valence-corrected chi connectivity index (χ3v) is 2.89. The molecule has 0 spiro atoms. The molecule has 1 saturated carbocycles. The van der Waals surface area contributed by atoms with Gasteiger partial charge in [0.2, 0.25) is 0 Å². The van der Waals surface area contributed by atoms with Crippen LogP contribution in [0.2, 0.25) is 0 Å². The summed E-state index contributed by atoms with van der Waals surface area (Å²) in [6.07, 6.45) is 8.18. The quantitative estimate of drug-likeness (QED) is 0.525. The Morgan fingerprint density at radius 1 is 1.36 bits per heavy atom. The maximum absolute atomic E-state index is 7.90. The van der Waals surface area contributed by atoms with Gasteiger partial charge in [-0.05, 0) is 31.6 Å². The Morgan fingerprint density at radius 3 is 2.91 bits per heavy atom. The molecule has 11 heavy (non-hydrogen) atoms. The number of methoxy groups -OCH3 is 1. The smallest absolute Gasteiger partial charge is 0.0634 e. The van der Waals surface area contributed by atoms with Gasteiger partial charge < -0.3 is 4.74 Å². The van der Waals surface area contributed by atoms with Crippen molar-refractivity contribution in [1.82, 2.24) is 0 Å². The molecule has 0 aromatic rings. The maximum Gasteiger partial charge on any atom is 0.0634 e. The molecule has 0 aromatic carbocycles. The molecule has 3 rings (SSSR count). The second-order valence-electron chi connectivity index (χ2n) is 3.54. The van der Waals surface area contributed by atoms with E-state index in [0.717, 1.165) is 6.42 Å². The fourth-order valence-electron chi connectivity index (χ4n) is 2.12. The lowest BCUT2D eigenvalue weighted by molar-refractivity contribution is 0.0642. The fraction of sp³-hybridized carbons (Fsp3) is 0.800.